The Kier molecular flexibility index (Phi) is 3.18. The predicted octanol–water partition coefficient (Wildman–Crippen LogP) is 3.32. The van der Waals surface area contributed by atoms with E-state index in [-0.39, 0.29) is 5.78 Å². The van der Waals surface area contributed by atoms with Gasteiger partial charge in [0.15, 0.2) is 5.76 Å². The lowest BCUT2D eigenvalue weighted by molar-refractivity contribution is 0.0867. The Labute approximate surface area is 145 Å². The fourth-order valence-corrected chi connectivity index (χ4v) is 3.52. The number of carbonyl (C=O) groups is 1. The molecule has 25 heavy (non-hydrogen) atoms. The largest absolute Gasteiger partial charge is 0.478 e. The van der Waals surface area contributed by atoms with Crippen LogP contribution in [0.15, 0.2) is 36.2 Å². The van der Waals surface area contributed by atoms with E-state index in [4.69, 9.17) is 9.47 Å². The van der Waals surface area contributed by atoms with Gasteiger partial charge in [-0.2, -0.15) is 0 Å². The maximum absolute atomic E-state index is 12.9. The first kappa shape index (κ1) is 14.7. The highest BCUT2D eigenvalue weighted by Crippen LogP contribution is 2.45. The molecule has 0 bridgehead atoms. The minimum atomic E-state index is -0.0792. The SMILES string of the molecule is Cc1cc2c(c3c1C(=O)/C(=C/c1ccccn1)O3)CN(C1CC1)CO2. The lowest BCUT2D eigenvalue weighted by Crippen LogP contribution is -2.34. The van der Waals surface area contributed by atoms with Crippen LogP contribution in [0, 0.1) is 6.92 Å². The van der Waals surface area contributed by atoms with Crippen LogP contribution in [-0.4, -0.2) is 28.4 Å². The monoisotopic (exact) mass is 334 g/mol. The molecule has 1 saturated carbocycles. The van der Waals surface area contributed by atoms with Crippen molar-refractivity contribution in [3.8, 4) is 11.5 Å². The summed E-state index contributed by atoms with van der Waals surface area (Å²) in [5.74, 6) is 1.74. The molecule has 126 valence electrons. The Morgan fingerprint density at radius 3 is 2.96 bits per heavy atom. The van der Waals surface area contributed by atoms with Gasteiger partial charge >= 0.3 is 0 Å². The van der Waals surface area contributed by atoms with Crippen molar-refractivity contribution in [2.45, 2.75) is 32.4 Å². The molecule has 1 aromatic heterocycles. The van der Waals surface area contributed by atoms with Crippen molar-refractivity contribution in [1.82, 2.24) is 9.88 Å². The number of pyridine rings is 1. The second-order valence-electron chi connectivity index (χ2n) is 6.82. The molecule has 1 aromatic carbocycles. The molecule has 0 atom stereocenters. The van der Waals surface area contributed by atoms with Gasteiger partial charge in [-0.3, -0.25) is 14.7 Å². The van der Waals surface area contributed by atoms with Gasteiger partial charge in [0.25, 0.3) is 0 Å². The number of ketones is 1. The van der Waals surface area contributed by atoms with Gasteiger partial charge in [0.1, 0.15) is 18.2 Å². The fourth-order valence-electron chi connectivity index (χ4n) is 3.52. The van der Waals surface area contributed by atoms with Crippen molar-refractivity contribution >= 4 is 11.9 Å². The number of ether oxygens (including phenoxy) is 2. The van der Waals surface area contributed by atoms with Crippen LogP contribution < -0.4 is 9.47 Å². The summed E-state index contributed by atoms with van der Waals surface area (Å²) in [5.41, 5.74) is 3.24. The zero-order chi connectivity index (χ0) is 17.0. The van der Waals surface area contributed by atoms with E-state index in [2.05, 4.69) is 9.88 Å². The van der Waals surface area contributed by atoms with Crippen molar-refractivity contribution in [1.29, 1.82) is 0 Å². The van der Waals surface area contributed by atoms with Crippen LogP contribution in [0.25, 0.3) is 6.08 Å². The molecule has 3 aliphatic rings. The fraction of sp³-hybridized carbons (Fsp3) is 0.300. The van der Waals surface area contributed by atoms with E-state index in [9.17, 15) is 4.79 Å². The van der Waals surface area contributed by atoms with Gasteiger partial charge in [-0.15, -0.1) is 0 Å². The third-order valence-electron chi connectivity index (χ3n) is 4.98. The quantitative estimate of drug-likeness (QED) is 0.789. The molecular formula is C20H18N2O3. The smallest absolute Gasteiger partial charge is 0.232 e. The molecule has 5 nitrogen and oxygen atoms in total. The first-order chi connectivity index (χ1) is 12.2. The molecule has 0 unspecified atom stereocenters. The van der Waals surface area contributed by atoms with E-state index >= 15 is 0 Å². The van der Waals surface area contributed by atoms with Crippen molar-refractivity contribution in [2.75, 3.05) is 6.73 Å². The van der Waals surface area contributed by atoms with Gasteiger partial charge in [-0.25, -0.2) is 0 Å². The number of hydrogen-bond acceptors (Lipinski definition) is 5. The van der Waals surface area contributed by atoms with Crippen LogP contribution in [0.4, 0.5) is 0 Å². The summed E-state index contributed by atoms with van der Waals surface area (Å²) in [4.78, 5) is 19.4. The van der Waals surface area contributed by atoms with Crippen LogP contribution in [0.3, 0.4) is 0 Å². The number of aryl methyl sites for hydroxylation is 1. The summed E-state index contributed by atoms with van der Waals surface area (Å²) >= 11 is 0. The van der Waals surface area contributed by atoms with E-state index in [0.29, 0.717) is 35.5 Å². The Hall–Kier alpha value is -2.66. The molecule has 5 rings (SSSR count). The molecule has 0 saturated heterocycles. The summed E-state index contributed by atoms with van der Waals surface area (Å²) in [6, 6.07) is 8.15. The number of fused-ring (bicyclic) bond motifs is 3. The highest BCUT2D eigenvalue weighted by atomic mass is 16.5. The van der Waals surface area contributed by atoms with Crippen molar-refractivity contribution in [3.63, 3.8) is 0 Å². The highest BCUT2D eigenvalue weighted by molar-refractivity contribution is 6.15. The average molecular weight is 334 g/mol. The van der Waals surface area contributed by atoms with Crippen molar-refractivity contribution < 1.29 is 14.3 Å². The summed E-state index contributed by atoms with van der Waals surface area (Å²) < 4.78 is 12.0. The molecular weight excluding hydrogens is 316 g/mol. The molecule has 5 heteroatoms. The van der Waals surface area contributed by atoms with Gasteiger partial charge in [0.05, 0.1) is 16.8 Å². The Morgan fingerprint density at radius 2 is 2.20 bits per heavy atom. The molecule has 2 aliphatic heterocycles. The average Bonchev–Trinajstić information content (AvgIpc) is 3.41. The number of Topliss-reactive ketones (excluding diaryl/α,β-unsaturated/α-hetero) is 1. The molecule has 1 fully saturated rings. The van der Waals surface area contributed by atoms with Crippen molar-refractivity contribution in [2.24, 2.45) is 0 Å². The normalized spacial score (nSPS) is 20.8. The standard InChI is InChI=1S/C20H18N2O3/c1-12-8-16-15(10-22(11-24-16)14-5-6-14)20-18(12)19(23)17(25-20)9-13-4-2-3-7-21-13/h2-4,7-9,14H,5-6,10-11H2,1H3/b17-9-. The van der Waals surface area contributed by atoms with Crippen LogP contribution in [-0.2, 0) is 6.54 Å². The number of carbonyl (C=O) groups excluding carboxylic acids is 1. The molecule has 0 N–H and O–H groups in total. The molecule has 0 spiro atoms. The molecule has 2 aromatic rings. The maximum atomic E-state index is 12.9. The van der Waals surface area contributed by atoms with Gasteiger partial charge in [0, 0.05) is 24.9 Å². The van der Waals surface area contributed by atoms with Gasteiger partial charge in [0.2, 0.25) is 5.78 Å². The maximum Gasteiger partial charge on any atom is 0.232 e. The zero-order valence-electron chi connectivity index (χ0n) is 14.0. The Balaban J connectivity index is 1.56. The van der Waals surface area contributed by atoms with Crippen LogP contribution in [0.1, 0.15) is 40.0 Å². The lowest BCUT2D eigenvalue weighted by Gasteiger charge is -2.30. The number of aromatic nitrogens is 1. The minimum Gasteiger partial charge on any atom is -0.478 e. The van der Waals surface area contributed by atoms with Gasteiger partial charge in [-0.1, -0.05) is 6.07 Å². The van der Waals surface area contributed by atoms with E-state index in [0.717, 1.165) is 23.4 Å². The molecule has 3 heterocycles. The summed E-state index contributed by atoms with van der Waals surface area (Å²) in [6.45, 7) is 3.31. The second kappa shape index (κ2) is 5.43. The third kappa shape index (κ3) is 2.43. The first-order valence-corrected chi connectivity index (χ1v) is 8.59. The summed E-state index contributed by atoms with van der Waals surface area (Å²) in [6.07, 6.45) is 5.85. The molecule has 0 amide bonds. The van der Waals surface area contributed by atoms with E-state index in [1.807, 2.05) is 31.2 Å². The Morgan fingerprint density at radius 1 is 1.32 bits per heavy atom. The van der Waals surface area contributed by atoms with Crippen LogP contribution in [0.5, 0.6) is 11.5 Å². The zero-order valence-corrected chi connectivity index (χ0v) is 14.0. The van der Waals surface area contributed by atoms with Crippen molar-refractivity contribution in [3.05, 3.63) is 58.6 Å². The lowest BCUT2D eigenvalue weighted by atomic mass is 9.99. The predicted molar refractivity (Wildman–Crippen MR) is 92.4 cm³/mol. The second-order valence-corrected chi connectivity index (χ2v) is 6.82. The van der Waals surface area contributed by atoms with E-state index in [1.54, 1.807) is 12.3 Å². The van der Waals surface area contributed by atoms with Gasteiger partial charge < -0.3 is 9.47 Å². The Bertz CT molecular complexity index is 901. The van der Waals surface area contributed by atoms with E-state index in [1.165, 1.54) is 12.8 Å². The van der Waals surface area contributed by atoms with Gasteiger partial charge in [-0.05, 0) is 43.5 Å². The number of hydrogen-bond donors (Lipinski definition) is 0. The first-order valence-electron chi connectivity index (χ1n) is 8.59. The highest BCUT2D eigenvalue weighted by Gasteiger charge is 2.38. The third-order valence-corrected chi connectivity index (χ3v) is 4.98. The topological polar surface area (TPSA) is 51.7 Å². The minimum absolute atomic E-state index is 0.0792. The van der Waals surface area contributed by atoms with Crippen LogP contribution in [0.2, 0.25) is 0 Å². The molecule has 1 aliphatic carbocycles. The molecule has 0 radical (unpaired) electrons. The summed E-state index contributed by atoms with van der Waals surface area (Å²) in [5, 5.41) is 0. The number of allylic oxidation sites excluding steroid dienone is 1. The number of benzene rings is 1. The summed E-state index contributed by atoms with van der Waals surface area (Å²) in [7, 11) is 0. The van der Waals surface area contributed by atoms with E-state index < -0.39 is 0 Å². The number of nitrogens with zero attached hydrogens (tertiary/aromatic N) is 2. The van der Waals surface area contributed by atoms with Crippen LogP contribution >= 0.6 is 0 Å². The number of rotatable bonds is 2.